The lowest BCUT2D eigenvalue weighted by Crippen LogP contribution is -2.39. The Balaban J connectivity index is 1.30. The molecule has 1 unspecified atom stereocenters. The molecule has 5 heterocycles. The summed E-state index contributed by atoms with van der Waals surface area (Å²) in [6.07, 6.45) is 6.23. The molecule has 0 spiro atoms. The van der Waals surface area contributed by atoms with Gasteiger partial charge in [0.1, 0.15) is 11.5 Å². The van der Waals surface area contributed by atoms with Crippen molar-refractivity contribution in [2.24, 2.45) is 5.92 Å². The lowest BCUT2D eigenvalue weighted by molar-refractivity contribution is 0.0599. The standard InChI is InChI=1S/C29H32N6O2/c1-19-16-33(18-26(19)36)28-20(2)17-35-27(31-28)15-23(32-35)25-10-6-7-13-34(25)29(37)24-14-22(11-12-30-24)21-8-4-3-5-9-21/h3-5,8-9,11-12,14-15,17,19,25-26,36H,6-7,10,13,16,18H2,1-2H3/t19?,25-,26-/m0/s1. The molecule has 2 saturated heterocycles. The van der Waals surface area contributed by atoms with Crippen LogP contribution in [0.25, 0.3) is 16.8 Å². The van der Waals surface area contributed by atoms with Crippen LogP contribution in [-0.4, -0.2) is 61.2 Å². The fourth-order valence-electron chi connectivity index (χ4n) is 5.61. The summed E-state index contributed by atoms with van der Waals surface area (Å²) in [4.78, 5) is 27.1. The van der Waals surface area contributed by atoms with E-state index in [0.717, 1.165) is 59.7 Å². The number of carbonyl (C=O) groups excluding carboxylic acids is 1. The normalized spacial score (nSPS) is 22.1. The number of benzene rings is 1. The van der Waals surface area contributed by atoms with Gasteiger partial charge in [0.05, 0.1) is 17.8 Å². The zero-order valence-electron chi connectivity index (χ0n) is 21.3. The molecule has 1 amide bonds. The van der Waals surface area contributed by atoms with Gasteiger partial charge in [0.2, 0.25) is 0 Å². The Bertz CT molecular complexity index is 1430. The average molecular weight is 497 g/mol. The number of aliphatic hydroxyl groups excluding tert-OH is 1. The summed E-state index contributed by atoms with van der Waals surface area (Å²) in [6.45, 7) is 6.14. The van der Waals surface area contributed by atoms with Gasteiger partial charge in [0, 0.05) is 49.6 Å². The molecule has 4 aromatic rings. The predicted octanol–water partition coefficient (Wildman–Crippen LogP) is 4.28. The summed E-state index contributed by atoms with van der Waals surface area (Å²) in [7, 11) is 0. The van der Waals surface area contributed by atoms with Crippen LogP contribution in [0.2, 0.25) is 0 Å². The minimum Gasteiger partial charge on any atom is -0.391 e. The first-order valence-corrected chi connectivity index (χ1v) is 13.1. The third-order valence-electron chi connectivity index (χ3n) is 7.69. The SMILES string of the molecule is Cc1cn2nc([C@@H]3CCCCN3C(=O)c3cc(-c4ccccc4)ccn3)cc2nc1N1CC(C)[C@@H](O)C1. The Kier molecular flexibility index (Phi) is 6.12. The number of hydrogen-bond acceptors (Lipinski definition) is 6. The maximum atomic E-state index is 13.7. The summed E-state index contributed by atoms with van der Waals surface area (Å²) in [6, 6.07) is 15.8. The molecule has 1 aromatic carbocycles. The first kappa shape index (κ1) is 23.6. The molecule has 37 heavy (non-hydrogen) atoms. The number of likely N-dealkylation sites (tertiary alicyclic amines) is 1. The predicted molar refractivity (Wildman–Crippen MR) is 142 cm³/mol. The van der Waals surface area contributed by atoms with Crippen LogP contribution in [0, 0.1) is 12.8 Å². The highest BCUT2D eigenvalue weighted by molar-refractivity contribution is 5.94. The molecular formula is C29H32N6O2. The molecule has 2 aliphatic heterocycles. The molecule has 1 N–H and O–H groups in total. The molecule has 0 saturated carbocycles. The molecule has 8 heteroatoms. The van der Waals surface area contributed by atoms with E-state index < -0.39 is 0 Å². The number of rotatable bonds is 4. The van der Waals surface area contributed by atoms with E-state index in [2.05, 4.69) is 16.8 Å². The first-order valence-electron chi connectivity index (χ1n) is 13.1. The molecule has 2 aliphatic rings. The molecular weight excluding hydrogens is 464 g/mol. The van der Waals surface area contributed by atoms with Crippen molar-refractivity contribution in [1.82, 2.24) is 24.5 Å². The molecule has 0 aliphatic carbocycles. The molecule has 3 atom stereocenters. The van der Waals surface area contributed by atoms with Crippen molar-refractivity contribution >= 4 is 17.4 Å². The van der Waals surface area contributed by atoms with E-state index in [0.29, 0.717) is 18.8 Å². The fourth-order valence-corrected chi connectivity index (χ4v) is 5.61. The fraction of sp³-hybridized carbons (Fsp3) is 0.379. The number of nitrogens with zero attached hydrogens (tertiary/aromatic N) is 6. The number of amides is 1. The van der Waals surface area contributed by atoms with Gasteiger partial charge in [0.15, 0.2) is 5.65 Å². The number of carbonyl (C=O) groups is 1. The van der Waals surface area contributed by atoms with Crippen molar-refractivity contribution in [2.45, 2.75) is 45.3 Å². The lowest BCUT2D eigenvalue weighted by atomic mass is 9.98. The number of piperidine rings is 1. The van der Waals surface area contributed by atoms with Crippen LogP contribution in [0.3, 0.4) is 0 Å². The second-order valence-corrected chi connectivity index (χ2v) is 10.4. The van der Waals surface area contributed by atoms with Crippen molar-refractivity contribution < 1.29 is 9.90 Å². The van der Waals surface area contributed by atoms with Crippen LogP contribution in [-0.2, 0) is 0 Å². The number of pyridine rings is 1. The smallest absolute Gasteiger partial charge is 0.273 e. The number of aromatic nitrogens is 4. The Hall–Kier alpha value is -3.78. The van der Waals surface area contributed by atoms with Gasteiger partial charge < -0.3 is 14.9 Å². The van der Waals surface area contributed by atoms with Gasteiger partial charge in [-0.1, -0.05) is 37.3 Å². The monoisotopic (exact) mass is 496 g/mol. The number of hydrogen-bond donors (Lipinski definition) is 1. The molecule has 8 nitrogen and oxygen atoms in total. The second-order valence-electron chi connectivity index (χ2n) is 10.4. The molecule has 6 rings (SSSR count). The topological polar surface area (TPSA) is 86.9 Å². The second kappa shape index (κ2) is 9.59. The largest absolute Gasteiger partial charge is 0.391 e. The highest BCUT2D eigenvalue weighted by atomic mass is 16.3. The van der Waals surface area contributed by atoms with Gasteiger partial charge >= 0.3 is 0 Å². The van der Waals surface area contributed by atoms with Gasteiger partial charge in [-0.3, -0.25) is 9.78 Å². The summed E-state index contributed by atoms with van der Waals surface area (Å²) in [5, 5.41) is 15.1. The van der Waals surface area contributed by atoms with Crippen LogP contribution in [0.4, 0.5) is 5.82 Å². The maximum Gasteiger partial charge on any atom is 0.273 e. The van der Waals surface area contributed by atoms with E-state index in [4.69, 9.17) is 10.1 Å². The van der Waals surface area contributed by atoms with Gasteiger partial charge in [-0.2, -0.15) is 5.10 Å². The van der Waals surface area contributed by atoms with Crippen LogP contribution in [0.15, 0.2) is 60.9 Å². The van der Waals surface area contributed by atoms with Crippen molar-refractivity contribution in [2.75, 3.05) is 24.5 Å². The Morgan fingerprint density at radius 2 is 1.89 bits per heavy atom. The molecule has 0 bridgehead atoms. The maximum absolute atomic E-state index is 13.7. The van der Waals surface area contributed by atoms with Gasteiger partial charge in [-0.05, 0) is 49.4 Å². The molecule has 0 radical (unpaired) electrons. The molecule has 3 aromatic heterocycles. The highest BCUT2D eigenvalue weighted by Gasteiger charge is 2.33. The molecule has 190 valence electrons. The van der Waals surface area contributed by atoms with Crippen molar-refractivity contribution in [3.8, 4) is 11.1 Å². The van der Waals surface area contributed by atoms with Crippen LogP contribution in [0.5, 0.6) is 0 Å². The first-order chi connectivity index (χ1) is 18.0. The van der Waals surface area contributed by atoms with Crippen LogP contribution < -0.4 is 4.90 Å². The van der Waals surface area contributed by atoms with Gasteiger partial charge in [0.25, 0.3) is 5.91 Å². The summed E-state index contributed by atoms with van der Waals surface area (Å²) in [5.74, 6) is 1.04. The molecule has 2 fully saturated rings. The van der Waals surface area contributed by atoms with E-state index in [1.165, 1.54) is 0 Å². The lowest BCUT2D eigenvalue weighted by Gasteiger charge is -2.34. The summed E-state index contributed by atoms with van der Waals surface area (Å²) >= 11 is 0. The van der Waals surface area contributed by atoms with Gasteiger partial charge in [-0.15, -0.1) is 0 Å². The van der Waals surface area contributed by atoms with Crippen molar-refractivity contribution in [3.05, 3.63) is 77.9 Å². The third-order valence-corrected chi connectivity index (χ3v) is 7.69. The minimum absolute atomic E-state index is 0.0654. The van der Waals surface area contributed by atoms with Crippen LogP contribution in [0.1, 0.15) is 54.0 Å². The van der Waals surface area contributed by atoms with Crippen molar-refractivity contribution in [3.63, 3.8) is 0 Å². The Morgan fingerprint density at radius 1 is 1.05 bits per heavy atom. The Morgan fingerprint density at radius 3 is 2.68 bits per heavy atom. The number of anilines is 1. The van der Waals surface area contributed by atoms with Crippen molar-refractivity contribution in [1.29, 1.82) is 0 Å². The van der Waals surface area contributed by atoms with E-state index >= 15 is 0 Å². The van der Waals surface area contributed by atoms with E-state index in [-0.39, 0.29) is 24.0 Å². The average Bonchev–Trinajstić information content (AvgIpc) is 3.50. The quantitative estimate of drug-likeness (QED) is 0.454. The summed E-state index contributed by atoms with van der Waals surface area (Å²) < 4.78 is 1.82. The number of aryl methyl sites for hydroxylation is 1. The van der Waals surface area contributed by atoms with E-state index in [1.807, 2.05) is 71.1 Å². The Labute approximate surface area is 216 Å². The summed E-state index contributed by atoms with van der Waals surface area (Å²) in [5.41, 5.74) is 5.12. The number of aliphatic hydroxyl groups is 1. The van der Waals surface area contributed by atoms with E-state index in [1.54, 1.807) is 6.20 Å². The number of fused-ring (bicyclic) bond motifs is 1. The zero-order valence-corrected chi connectivity index (χ0v) is 21.3. The van der Waals surface area contributed by atoms with E-state index in [9.17, 15) is 9.90 Å². The zero-order chi connectivity index (χ0) is 25.5. The highest BCUT2D eigenvalue weighted by Crippen LogP contribution is 2.33. The number of β-amino-alcohol motifs (C(OH)–C–C–N with tert-alkyl or cyclic N) is 1. The third kappa shape index (κ3) is 4.46. The minimum atomic E-state index is -0.339. The van der Waals surface area contributed by atoms with Gasteiger partial charge in [-0.25, -0.2) is 9.50 Å². The van der Waals surface area contributed by atoms with Crippen LogP contribution >= 0.6 is 0 Å².